The number of rotatable bonds is 6. The van der Waals surface area contributed by atoms with Crippen molar-refractivity contribution in [2.45, 2.75) is 23.2 Å². The third-order valence-corrected chi connectivity index (χ3v) is 6.28. The molecule has 0 saturated carbocycles. The Labute approximate surface area is 157 Å². The van der Waals surface area contributed by atoms with E-state index in [1.54, 1.807) is 7.11 Å². The van der Waals surface area contributed by atoms with E-state index in [4.69, 9.17) is 9.47 Å². The van der Waals surface area contributed by atoms with Gasteiger partial charge >= 0.3 is 0 Å². The Balaban J connectivity index is 1.86. The lowest BCUT2D eigenvalue weighted by Gasteiger charge is -2.38. The molecule has 0 radical (unpaired) electrons. The predicted molar refractivity (Wildman–Crippen MR) is 96.3 cm³/mol. The lowest BCUT2D eigenvalue weighted by Crippen LogP contribution is -2.44. The molecule has 5 nitrogen and oxygen atoms in total. The van der Waals surface area contributed by atoms with Crippen molar-refractivity contribution < 1.29 is 26.7 Å². The second kappa shape index (κ2) is 7.92. The molecule has 0 bridgehead atoms. The zero-order valence-electron chi connectivity index (χ0n) is 14.9. The summed E-state index contributed by atoms with van der Waals surface area (Å²) in [6.45, 7) is 1.11. The topological polar surface area (TPSA) is 64.6 Å². The predicted octanol–water partition coefficient (Wildman–Crippen LogP) is 3.00. The monoisotopic (exact) mass is 397 g/mol. The molecule has 1 heterocycles. The second-order valence-electron chi connectivity index (χ2n) is 6.55. The first-order valence-electron chi connectivity index (χ1n) is 8.53. The van der Waals surface area contributed by atoms with Gasteiger partial charge in [-0.25, -0.2) is 21.9 Å². The van der Waals surface area contributed by atoms with Gasteiger partial charge in [0, 0.05) is 31.2 Å². The number of hydrogen-bond donors (Lipinski definition) is 1. The van der Waals surface area contributed by atoms with E-state index in [1.165, 1.54) is 0 Å². The quantitative estimate of drug-likeness (QED) is 0.814. The zero-order valence-corrected chi connectivity index (χ0v) is 15.7. The van der Waals surface area contributed by atoms with Crippen molar-refractivity contribution in [3.05, 3.63) is 59.7 Å². The second-order valence-corrected chi connectivity index (χ2v) is 8.32. The summed E-state index contributed by atoms with van der Waals surface area (Å²) < 4.78 is 65.1. The molecule has 27 heavy (non-hydrogen) atoms. The number of sulfonamides is 1. The minimum atomic E-state index is -4.06. The smallest absolute Gasteiger partial charge is 0.240 e. The van der Waals surface area contributed by atoms with Crippen LogP contribution in [-0.2, 0) is 20.2 Å². The minimum absolute atomic E-state index is 0.100. The van der Waals surface area contributed by atoms with Gasteiger partial charge in [0.05, 0.1) is 12.0 Å². The van der Waals surface area contributed by atoms with Crippen LogP contribution in [0.15, 0.2) is 47.4 Å². The van der Waals surface area contributed by atoms with E-state index in [0.29, 0.717) is 37.9 Å². The fourth-order valence-corrected chi connectivity index (χ4v) is 4.44. The third kappa shape index (κ3) is 4.45. The van der Waals surface area contributed by atoms with Crippen LogP contribution in [0.25, 0.3) is 0 Å². The highest BCUT2D eigenvalue weighted by Gasteiger charge is 2.36. The standard InChI is InChI=1S/C19H21F2NO4S/c1-25-17-4-2-14(3-5-17)19(6-8-26-9-7-19)13-22-27(23,24)18-11-15(20)10-16(21)12-18/h2-5,10-12,22H,6-9,13H2,1H3. The van der Waals surface area contributed by atoms with E-state index in [1.807, 2.05) is 24.3 Å². The molecular weight excluding hydrogens is 376 g/mol. The highest BCUT2D eigenvalue weighted by atomic mass is 32.2. The van der Waals surface area contributed by atoms with Crippen LogP contribution in [0.2, 0.25) is 0 Å². The SMILES string of the molecule is COc1ccc(C2(CNS(=O)(=O)c3cc(F)cc(F)c3)CCOCC2)cc1. The number of halogens is 2. The molecule has 3 rings (SSSR count). The number of benzene rings is 2. The Morgan fingerprint density at radius 1 is 1.07 bits per heavy atom. The fourth-order valence-electron chi connectivity index (χ4n) is 3.27. The van der Waals surface area contributed by atoms with Crippen molar-refractivity contribution in [2.75, 3.05) is 26.9 Å². The zero-order chi connectivity index (χ0) is 19.5. The van der Waals surface area contributed by atoms with E-state index < -0.39 is 32.0 Å². The first-order valence-corrected chi connectivity index (χ1v) is 10.0. The fraction of sp³-hybridized carbons (Fsp3) is 0.368. The van der Waals surface area contributed by atoms with Crippen LogP contribution in [0.4, 0.5) is 8.78 Å². The average Bonchev–Trinajstić information content (AvgIpc) is 2.66. The molecule has 0 atom stereocenters. The highest BCUT2D eigenvalue weighted by molar-refractivity contribution is 7.89. The molecule has 0 unspecified atom stereocenters. The number of nitrogens with one attached hydrogen (secondary N) is 1. The van der Waals surface area contributed by atoms with E-state index in [0.717, 1.165) is 17.7 Å². The molecule has 0 aromatic heterocycles. The molecule has 0 amide bonds. The van der Waals surface area contributed by atoms with Gasteiger partial charge in [-0.15, -0.1) is 0 Å². The van der Waals surface area contributed by atoms with Crippen molar-refractivity contribution in [3.8, 4) is 5.75 Å². The van der Waals surface area contributed by atoms with Crippen LogP contribution >= 0.6 is 0 Å². The Morgan fingerprint density at radius 3 is 2.22 bits per heavy atom. The van der Waals surface area contributed by atoms with Gasteiger partial charge in [-0.3, -0.25) is 0 Å². The molecule has 1 aliphatic rings. The van der Waals surface area contributed by atoms with Gasteiger partial charge in [0.2, 0.25) is 10.0 Å². The van der Waals surface area contributed by atoms with Crippen LogP contribution in [-0.4, -0.2) is 35.3 Å². The van der Waals surface area contributed by atoms with Gasteiger partial charge in [-0.05, 0) is 42.7 Å². The van der Waals surface area contributed by atoms with Gasteiger partial charge in [-0.1, -0.05) is 12.1 Å². The summed E-state index contributed by atoms with van der Waals surface area (Å²) in [5, 5.41) is 0. The van der Waals surface area contributed by atoms with Crippen molar-refractivity contribution >= 4 is 10.0 Å². The number of hydrogen-bond acceptors (Lipinski definition) is 4. The van der Waals surface area contributed by atoms with Crippen LogP contribution < -0.4 is 9.46 Å². The van der Waals surface area contributed by atoms with E-state index in [-0.39, 0.29) is 6.54 Å². The Morgan fingerprint density at radius 2 is 1.67 bits per heavy atom. The first kappa shape index (κ1) is 19.7. The van der Waals surface area contributed by atoms with E-state index in [9.17, 15) is 17.2 Å². The molecule has 2 aromatic carbocycles. The molecule has 1 aliphatic heterocycles. The van der Waals surface area contributed by atoms with Gasteiger partial charge in [0.1, 0.15) is 17.4 Å². The summed E-state index contributed by atoms with van der Waals surface area (Å²) in [5.41, 5.74) is 0.489. The summed E-state index contributed by atoms with van der Waals surface area (Å²) >= 11 is 0. The van der Waals surface area contributed by atoms with E-state index >= 15 is 0 Å². The maximum Gasteiger partial charge on any atom is 0.240 e. The molecule has 2 aromatic rings. The van der Waals surface area contributed by atoms with Crippen molar-refractivity contribution in [2.24, 2.45) is 0 Å². The highest BCUT2D eigenvalue weighted by Crippen LogP contribution is 2.35. The lowest BCUT2D eigenvalue weighted by atomic mass is 9.74. The van der Waals surface area contributed by atoms with Crippen LogP contribution in [0, 0.1) is 11.6 Å². The Hall–Kier alpha value is -2.03. The minimum Gasteiger partial charge on any atom is -0.497 e. The van der Waals surface area contributed by atoms with Gasteiger partial charge in [0.15, 0.2) is 0 Å². The summed E-state index contributed by atoms with van der Waals surface area (Å²) in [6, 6.07) is 9.69. The molecule has 1 N–H and O–H groups in total. The molecule has 146 valence electrons. The molecule has 1 fully saturated rings. The molecular formula is C19H21F2NO4S. The third-order valence-electron chi connectivity index (χ3n) is 4.90. The summed E-state index contributed by atoms with van der Waals surface area (Å²) in [6.07, 6.45) is 1.25. The van der Waals surface area contributed by atoms with Crippen molar-refractivity contribution in [1.29, 1.82) is 0 Å². The van der Waals surface area contributed by atoms with Crippen LogP contribution in [0.3, 0.4) is 0 Å². The Bertz CT molecular complexity index is 874. The number of ether oxygens (including phenoxy) is 2. The normalized spacial score (nSPS) is 16.9. The van der Waals surface area contributed by atoms with Gasteiger partial charge in [0.25, 0.3) is 0 Å². The van der Waals surface area contributed by atoms with Crippen molar-refractivity contribution in [3.63, 3.8) is 0 Å². The molecule has 8 heteroatoms. The molecule has 1 saturated heterocycles. The lowest BCUT2D eigenvalue weighted by molar-refractivity contribution is 0.0517. The maximum atomic E-state index is 13.4. The van der Waals surface area contributed by atoms with E-state index in [2.05, 4.69) is 4.72 Å². The average molecular weight is 397 g/mol. The van der Waals surface area contributed by atoms with Gasteiger partial charge in [-0.2, -0.15) is 0 Å². The van der Waals surface area contributed by atoms with Gasteiger partial charge < -0.3 is 9.47 Å². The van der Waals surface area contributed by atoms with Crippen LogP contribution in [0.1, 0.15) is 18.4 Å². The largest absolute Gasteiger partial charge is 0.497 e. The summed E-state index contributed by atoms with van der Waals surface area (Å²) in [5.74, 6) is -1.17. The number of methoxy groups -OCH3 is 1. The Kier molecular flexibility index (Phi) is 5.78. The van der Waals surface area contributed by atoms with Crippen molar-refractivity contribution in [1.82, 2.24) is 4.72 Å². The summed E-state index contributed by atoms with van der Waals surface area (Å²) in [4.78, 5) is -0.433. The first-order chi connectivity index (χ1) is 12.8. The van der Waals surface area contributed by atoms with Crippen LogP contribution in [0.5, 0.6) is 5.75 Å². The summed E-state index contributed by atoms with van der Waals surface area (Å²) in [7, 11) is -2.48. The molecule has 0 aliphatic carbocycles. The maximum absolute atomic E-state index is 13.4. The molecule has 0 spiro atoms.